The fourth-order valence-electron chi connectivity index (χ4n) is 4.78. The molecule has 1 aliphatic carbocycles. The summed E-state index contributed by atoms with van der Waals surface area (Å²) in [4.78, 5) is 22.2. The van der Waals surface area contributed by atoms with Crippen LogP contribution in [0.25, 0.3) is 16.6 Å². The number of para-hydroxylation sites is 1. The van der Waals surface area contributed by atoms with E-state index in [1.165, 1.54) is 12.8 Å². The van der Waals surface area contributed by atoms with Crippen LogP contribution in [-0.2, 0) is 4.79 Å². The fraction of sp³-hybridized carbons (Fsp3) is 0.524. The molecule has 1 saturated heterocycles. The number of nitrogens with zero attached hydrogens (tertiary/aromatic N) is 6. The summed E-state index contributed by atoms with van der Waals surface area (Å²) in [6.45, 7) is 6.41. The van der Waals surface area contributed by atoms with Crippen LogP contribution in [0.5, 0.6) is 0 Å². The molecule has 3 heterocycles. The summed E-state index contributed by atoms with van der Waals surface area (Å²) in [6, 6.07) is 8.23. The maximum absolute atomic E-state index is 12.9. The first-order valence-electron chi connectivity index (χ1n) is 10.3. The second-order valence-corrected chi connectivity index (χ2v) is 8.14. The molecule has 7 heteroatoms. The number of anilines is 1. The molecule has 1 amide bonds. The first-order chi connectivity index (χ1) is 13.6. The van der Waals surface area contributed by atoms with Gasteiger partial charge < -0.3 is 9.80 Å². The van der Waals surface area contributed by atoms with Gasteiger partial charge in [-0.3, -0.25) is 4.79 Å². The number of rotatable bonds is 2. The fourth-order valence-corrected chi connectivity index (χ4v) is 4.78. The molecule has 0 radical (unpaired) electrons. The van der Waals surface area contributed by atoms with Gasteiger partial charge in [0.25, 0.3) is 0 Å². The average Bonchev–Trinajstić information content (AvgIpc) is 3.37. The maximum atomic E-state index is 12.9. The number of fused-ring (bicyclic) bond motifs is 3. The van der Waals surface area contributed by atoms with Crippen LogP contribution in [0.1, 0.15) is 38.4 Å². The minimum Gasteiger partial charge on any atom is -0.338 e. The van der Waals surface area contributed by atoms with Crippen LogP contribution in [0.3, 0.4) is 0 Å². The smallest absolute Gasteiger partial charge is 0.226 e. The Bertz CT molecular complexity index is 1040. The number of carbonyl (C=O) groups is 1. The van der Waals surface area contributed by atoms with E-state index in [0.717, 1.165) is 60.8 Å². The van der Waals surface area contributed by atoms with Crippen molar-refractivity contribution in [2.75, 3.05) is 24.5 Å². The molecule has 7 nitrogen and oxygen atoms in total. The van der Waals surface area contributed by atoms with Gasteiger partial charge in [0, 0.05) is 37.0 Å². The number of carbonyl (C=O) groups excluding carboxylic acids is 1. The van der Waals surface area contributed by atoms with E-state index >= 15 is 0 Å². The first kappa shape index (κ1) is 17.4. The Balaban J connectivity index is 1.47. The molecule has 3 aromatic rings. The molecule has 2 fully saturated rings. The van der Waals surface area contributed by atoms with E-state index in [4.69, 9.17) is 4.98 Å². The molecule has 0 bridgehead atoms. The number of benzene rings is 1. The standard InChI is InChI=1S/C21H26N6O/c1-14-13-25(11-12-26(14)20(28)16-7-3-4-8-16)21-22-18-10-6-5-9-17(18)19-24-23-15(2)27(19)21/h5-6,9-10,14,16H,3-4,7-8,11-13H2,1-2H3/t14-/m0/s1. The highest BCUT2D eigenvalue weighted by Crippen LogP contribution is 2.29. The Hall–Kier alpha value is -2.70. The monoisotopic (exact) mass is 378 g/mol. The van der Waals surface area contributed by atoms with Crippen molar-refractivity contribution in [3.05, 3.63) is 30.1 Å². The molecule has 146 valence electrons. The minimum atomic E-state index is 0.168. The lowest BCUT2D eigenvalue weighted by molar-refractivity contribution is -0.137. The zero-order valence-electron chi connectivity index (χ0n) is 16.5. The first-order valence-corrected chi connectivity index (χ1v) is 10.3. The number of piperazine rings is 1. The normalized spacial score (nSPS) is 21.1. The molecular formula is C21H26N6O. The molecule has 0 unspecified atom stereocenters. The summed E-state index contributed by atoms with van der Waals surface area (Å²) in [6.07, 6.45) is 4.49. The van der Waals surface area contributed by atoms with E-state index in [2.05, 4.69) is 26.9 Å². The molecule has 1 aromatic carbocycles. The molecule has 0 spiro atoms. The van der Waals surface area contributed by atoms with Crippen LogP contribution >= 0.6 is 0 Å². The van der Waals surface area contributed by atoms with Crippen molar-refractivity contribution in [1.29, 1.82) is 0 Å². The van der Waals surface area contributed by atoms with Crippen LogP contribution < -0.4 is 4.90 Å². The molecule has 1 saturated carbocycles. The SMILES string of the molecule is Cc1nnc2c3ccccc3nc(N3CCN(C(=O)C4CCCC4)[C@@H](C)C3)n12. The van der Waals surface area contributed by atoms with E-state index in [0.29, 0.717) is 5.91 Å². The van der Waals surface area contributed by atoms with E-state index in [-0.39, 0.29) is 12.0 Å². The van der Waals surface area contributed by atoms with Crippen molar-refractivity contribution in [3.8, 4) is 0 Å². The highest BCUT2D eigenvalue weighted by atomic mass is 16.2. The number of aryl methyl sites for hydroxylation is 1. The number of aromatic nitrogens is 4. The summed E-state index contributed by atoms with van der Waals surface area (Å²) in [5.74, 6) is 2.29. The maximum Gasteiger partial charge on any atom is 0.226 e. The van der Waals surface area contributed by atoms with E-state index in [9.17, 15) is 4.79 Å². The van der Waals surface area contributed by atoms with Gasteiger partial charge in [-0.1, -0.05) is 25.0 Å². The van der Waals surface area contributed by atoms with Gasteiger partial charge in [-0.05, 0) is 38.8 Å². The molecule has 2 aliphatic rings. The van der Waals surface area contributed by atoms with Gasteiger partial charge in [-0.2, -0.15) is 0 Å². The molecule has 2 aromatic heterocycles. The van der Waals surface area contributed by atoms with Crippen LogP contribution in [0.4, 0.5) is 5.95 Å². The minimum absolute atomic E-state index is 0.168. The predicted octanol–water partition coefficient (Wildman–Crippen LogP) is 2.81. The summed E-state index contributed by atoms with van der Waals surface area (Å²) in [7, 11) is 0. The number of hydrogen-bond donors (Lipinski definition) is 0. The van der Waals surface area contributed by atoms with Crippen molar-refractivity contribution in [1.82, 2.24) is 24.5 Å². The molecular weight excluding hydrogens is 352 g/mol. The average molecular weight is 378 g/mol. The third-order valence-electron chi connectivity index (χ3n) is 6.29. The van der Waals surface area contributed by atoms with Gasteiger partial charge in [0.2, 0.25) is 11.9 Å². The van der Waals surface area contributed by atoms with E-state index in [1.807, 2.05) is 35.6 Å². The molecule has 0 N–H and O–H groups in total. The Morgan fingerprint density at radius 3 is 2.68 bits per heavy atom. The Morgan fingerprint density at radius 2 is 1.89 bits per heavy atom. The largest absolute Gasteiger partial charge is 0.338 e. The highest BCUT2D eigenvalue weighted by molar-refractivity contribution is 5.92. The van der Waals surface area contributed by atoms with Crippen molar-refractivity contribution in [2.24, 2.45) is 5.92 Å². The molecule has 28 heavy (non-hydrogen) atoms. The third kappa shape index (κ3) is 2.72. The summed E-state index contributed by atoms with van der Waals surface area (Å²) in [5.41, 5.74) is 1.77. The van der Waals surface area contributed by atoms with Gasteiger partial charge in [-0.15, -0.1) is 10.2 Å². The third-order valence-corrected chi connectivity index (χ3v) is 6.29. The number of amides is 1. The Labute approximate surface area is 164 Å². The van der Waals surface area contributed by atoms with Crippen LogP contribution in [0, 0.1) is 12.8 Å². The zero-order valence-corrected chi connectivity index (χ0v) is 16.5. The lowest BCUT2D eigenvalue weighted by Crippen LogP contribution is -2.55. The van der Waals surface area contributed by atoms with Crippen LogP contribution in [0.2, 0.25) is 0 Å². The Morgan fingerprint density at radius 1 is 1.11 bits per heavy atom. The van der Waals surface area contributed by atoms with Crippen molar-refractivity contribution in [2.45, 2.75) is 45.6 Å². The topological polar surface area (TPSA) is 66.6 Å². The van der Waals surface area contributed by atoms with Crippen LogP contribution in [-0.4, -0.2) is 56.1 Å². The Kier molecular flexibility index (Phi) is 4.18. The van der Waals surface area contributed by atoms with Gasteiger partial charge in [0.15, 0.2) is 5.65 Å². The van der Waals surface area contributed by atoms with Gasteiger partial charge >= 0.3 is 0 Å². The second kappa shape index (κ2) is 6.72. The van der Waals surface area contributed by atoms with Gasteiger partial charge in [-0.25, -0.2) is 9.38 Å². The van der Waals surface area contributed by atoms with Crippen molar-refractivity contribution >= 4 is 28.4 Å². The van der Waals surface area contributed by atoms with Gasteiger partial charge in [0.1, 0.15) is 5.82 Å². The predicted molar refractivity (Wildman–Crippen MR) is 108 cm³/mol. The second-order valence-electron chi connectivity index (χ2n) is 8.14. The highest BCUT2D eigenvalue weighted by Gasteiger charge is 2.34. The summed E-state index contributed by atoms with van der Waals surface area (Å²) >= 11 is 0. The van der Waals surface area contributed by atoms with Crippen LogP contribution in [0.15, 0.2) is 24.3 Å². The molecule has 5 rings (SSSR count). The van der Waals surface area contributed by atoms with Crippen molar-refractivity contribution in [3.63, 3.8) is 0 Å². The van der Waals surface area contributed by atoms with Gasteiger partial charge in [0.05, 0.1) is 5.52 Å². The zero-order chi connectivity index (χ0) is 19.3. The van der Waals surface area contributed by atoms with E-state index < -0.39 is 0 Å². The number of hydrogen-bond acceptors (Lipinski definition) is 5. The quantitative estimate of drug-likeness (QED) is 0.686. The van der Waals surface area contributed by atoms with Crippen molar-refractivity contribution < 1.29 is 4.79 Å². The van der Waals surface area contributed by atoms with E-state index in [1.54, 1.807) is 0 Å². The lowest BCUT2D eigenvalue weighted by Gasteiger charge is -2.41. The summed E-state index contributed by atoms with van der Waals surface area (Å²) in [5, 5.41) is 9.70. The summed E-state index contributed by atoms with van der Waals surface area (Å²) < 4.78 is 2.05. The molecule has 1 aliphatic heterocycles. The lowest BCUT2D eigenvalue weighted by atomic mass is 10.0. The molecule has 1 atom stereocenters.